The molecule has 0 radical (unpaired) electrons. The third kappa shape index (κ3) is 4.13. The number of anilines is 2. The number of hydrogen-bond acceptors (Lipinski definition) is 2. The van der Waals surface area contributed by atoms with Crippen LogP contribution < -0.4 is 10.6 Å². The topological polar surface area (TPSA) is 58.2 Å². The van der Waals surface area contributed by atoms with Crippen LogP contribution in [0.5, 0.6) is 0 Å². The van der Waals surface area contributed by atoms with E-state index in [1.54, 1.807) is 18.2 Å². The van der Waals surface area contributed by atoms with Crippen molar-refractivity contribution in [3.05, 3.63) is 58.3 Å². The van der Waals surface area contributed by atoms with Crippen LogP contribution in [-0.2, 0) is 9.59 Å². The van der Waals surface area contributed by atoms with E-state index in [9.17, 15) is 14.0 Å². The lowest BCUT2D eigenvalue weighted by atomic mass is 10.2. The molecule has 2 aromatic carbocycles. The molecule has 2 N–H and O–H groups in total. The number of benzene rings is 2. The normalized spacial score (nSPS) is 10.0. The number of amides is 2. The molecule has 2 amide bonds. The first-order valence-electron chi connectivity index (χ1n) is 6.10. The van der Waals surface area contributed by atoms with E-state index in [0.29, 0.717) is 11.4 Å². The van der Waals surface area contributed by atoms with E-state index in [4.69, 9.17) is 0 Å². The molecule has 108 valence electrons. The van der Waals surface area contributed by atoms with Crippen molar-refractivity contribution in [1.29, 1.82) is 0 Å². The third-order valence-electron chi connectivity index (χ3n) is 2.72. The number of halogens is 2. The monoisotopic (exact) mass is 350 g/mol. The van der Waals surface area contributed by atoms with Gasteiger partial charge in [0.25, 0.3) is 0 Å². The summed E-state index contributed by atoms with van der Waals surface area (Å²) in [6.07, 6.45) is 0. The van der Waals surface area contributed by atoms with Crippen LogP contribution in [0.2, 0.25) is 0 Å². The van der Waals surface area contributed by atoms with Crippen LogP contribution >= 0.6 is 15.9 Å². The quantitative estimate of drug-likeness (QED) is 0.814. The zero-order chi connectivity index (χ0) is 15.4. The lowest BCUT2D eigenvalue weighted by Crippen LogP contribution is -2.29. The second-order valence-electron chi connectivity index (χ2n) is 4.38. The minimum absolute atomic E-state index is 0.350. The molecule has 0 saturated heterocycles. The van der Waals surface area contributed by atoms with Gasteiger partial charge in [-0.3, -0.25) is 9.59 Å². The fourth-order valence-electron chi connectivity index (χ4n) is 1.63. The molecule has 0 fully saturated rings. The summed E-state index contributed by atoms with van der Waals surface area (Å²) in [6, 6.07) is 10.4. The maximum Gasteiger partial charge on any atom is 0.314 e. The van der Waals surface area contributed by atoms with Gasteiger partial charge in [0.2, 0.25) is 0 Å². The molecule has 0 saturated carbocycles. The van der Waals surface area contributed by atoms with Crippen LogP contribution in [0, 0.1) is 12.7 Å². The Hall–Kier alpha value is -2.21. The predicted molar refractivity (Wildman–Crippen MR) is 82.5 cm³/mol. The fraction of sp³-hybridized carbons (Fsp3) is 0.0667. The Balaban J connectivity index is 2.00. The highest BCUT2D eigenvalue weighted by atomic mass is 79.9. The summed E-state index contributed by atoms with van der Waals surface area (Å²) in [5.41, 5.74) is 1.81. The largest absolute Gasteiger partial charge is 0.318 e. The number of rotatable bonds is 2. The van der Waals surface area contributed by atoms with Gasteiger partial charge in [-0.2, -0.15) is 0 Å². The summed E-state index contributed by atoms with van der Waals surface area (Å²) < 4.78 is 13.7. The first-order valence-corrected chi connectivity index (χ1v) is 6.89. The Kier molecular flexibility index (Phi) is 4.70. The van der Waals surface area contributed by atoms with Crippen molar-refractivity contribution >= 4 is 39.1 Å². The van der Waals surface area contributed by atoms with Gasteiger partial charge in [-0.15, -0.1) is 0 Å². The summed E-state index contributed by atoms with van der Waals surface area (Å²) in [7, 11) is 0. The number of carbonyl (C=O) groups is 2. The van der Waals surface area contributed by atoms with E-state index in [2.05, 4.69) is 26.6 Å². The van der Waals surface area contributed by atoms with Gasteiger partial charge in [0.1, 0.15) is 5.82 Å². The molecule has 4 nitrogen and oxygen atoms in total. The highest BCUT2D eigenvalue weighted by molar-refractivity contribution is 9.10. The molecule has 0 spiro atoms. The minimum Gasteiger partial charge on any atom is -0.318 e. The summed E-state index contributed by atoms with van der Waals surface area (Å²) in [5, 5.41) is 4.88. The zero-order valence-electron chi connectivity index (χ0n) is 11.1. The summed E-state index contributed by atoms with van der Waals surface area (Å²) in [4.78, 5) is 23.5. The summed E-state index contributed by atoms with van der Waals surface area (Å²) in [6.45, 7) is 1.87. The molecular formula is C15H12BrFN2O2. The molecule has 0 heterocycles. The van der Waals surface area contributed by atoms with E-state index in [1.807, 2.05) is 6.92 Å². The fourth-order valence-corrected chi connectivity index (χ4v) is 1.88. The Morgan fingerprint density at radius 1 is 0.952 bits per heavy atom. The van der Waals surface area contributed by atoms with E-state index in [0.717, 1.165) is 10.0 Å². The van der Waals surface area contributed by atoms with Crippen LogP contribution in [0.4, 0.5) is 15.8 Å². The molecule has 0 aliphatic rings. The maximum atomic E-state index is 12.7. The molecule has 0 unspecified atom stereocenters. The molecule has 0 aliphatic carbocycles. The van der Waals surface area contributed by atoms with Gasteiger partial charge >= 0.3 is 11.8 Å². The highest BCUT2D eigenvalue weighted by Gasteiger charge is 2.14. The first kappa shape index (κ1) is 15.2. The van der Waals surface area contributed by atoms with Crippen LogP contribution in [0.1, 0.15) is 5.56 Å². The highest BCUT2D eigenvalue weighted by Crippen LogP contribution is 2.20. The lowest BCUT2D eigenvalue weighted by molar-refractivity contribution is -0.132. The zero-order valence-corrected chi connectivity index (χ0v) is 12.7. The van der Waals surface area contributed by atoms with Crippen molar-refractivity contribution in [2.45, 2.75) is 6.92 Å². The van der Waals surface area contributed by atoms with Gasteiger partial charge in [-0.05, 0) is 55.0 Å². The Morgan fingerprint density at radius 2 is 1.48 bits per heavy atom. The van der Waals surface area contributed by atoms with Crippen molar-refractivity contribution in [3.8, 4) is 0 Å². The second-order valence-corrected chi connectivity index (χ2v) is 5.23. The van der Waals surface area contributed by atoms with E-state index in [-0.39, 0.29) is 0 Å². The van der Waals surface area contributed by atoms with Gasteiger partial charge < -0.3 is 10.6 Å². The van der Waals surface area contributed by atoms with E-state index in [1.165, 1.54) is 24.3 Å². The molecule has 2 rings (SSSR count). The smallest absolute Gasteiger partial charge is 0.314 e. The number of nitrogens with one attached hydrogen (secondary N) is 2. The standard InChI is InChI=1S/C15H12BrFN2O2/c1-9-8-12(6-7-13(9)16)19-15(21)14(20)18-11-4-2-10(17)3-5-11/h2-8H,1H3,(H,18,20)(H,19,21). The molecule has 0 aromatic heterocycles. The van der Waals surface area contributed by atoms with Crippen LogP contribution in [0.15, 0.2) is 46.9 Å². The predicted octanol–water partition coefficient (Wildman–Crippen LogP) is 3.47. The second kappa shape index (κ2) is 6.49. The van der Waals surface area contributed by atoms with Crippen molar-refractivity contribution < 1.29 is 14.0 Å². The number of hydrogen-bond donors (Lipinski definition) is 2. The summed E-state index contributed by atoms with van der Waals surface area (Å²) in [5.74, 6) is -2.02. The molecular weight excluding hydrogens is 339 g/mol. The number of carbonyl (C=O) groups excluding carboxylic acids is 2. The SMILES string of the molecule is Cc1cc(NC(=O)C(=O)Nc2ccc(F)cc2)ccc1Br. The van der Waals surface area contributed by atoms with Crippen LogP contribution in [-0.4, -0.2) is 11.8 Å². The molecule has 0 atom stereocenters. The maximum absolute atomic E-state index is 12.7. The van der Waals surface area contributed by atoms with Crippen molar-refractivity contribution in [3.63, 3.8) is 0 Å². The van der Waals surface area contributed by atoms with Crippen molar-refractivity contribution in [2.75, 3.05) is 10.6 Å². The average Bonchev–Trinajstić information content (AvgIpc) is 2.45. The van der Waals surface area contributed by atoms with E-state index >= 15 is 0 Å². The van der Waals surface area contributed by atoms with Gasteiger partial charge in [0.05, 0.1) is 0 Å². The van der Waals surface area contributed by atoms with Crippen LogP contribution in [0.3, 0.4) is 0 Å². The summed E-state index contributed by atoms with van der Waals surface area (Å²) >= 11 is 3.35. The molecule has 0 aliphatic heterocycles. The van der Waals surface area contributed by atoms with E-state index < -0.39 is 17.6 Å². The van der Waals surface area contributed by atoms with Gasteiger partial charge in [-0.25, -0.2) is 4.39 Å². The minimum atomic E-state index is -0.817. The third-order valence-corrected chi connectivity index (χ3v) is 3.61. The molecule has 2 aromatic rings. The molecule has 21 heavy (non-hydrogen) atoms. The lowest BCUT2D eigenvalue weighted by Gasteiger charge is -2.08. The van der Waals surface area contributed by atoms with Gasteiger partial charge in [0.15, 0.2) is 0 Å². The molecule has 6 heteroatoms. The van der Waals surface area contributed by atoms with Crippen molar-refractivity contribution in [2.24, 2.45) is 0 Å². The van der Waals surface area contributed by atoms with Gasteiger partial charge in [0, 0.05) is 15.8 Å². The van der Waals surface area contributed by atoms with Gasteiger partial charge in [-0.1, -0.05) is 15.9 Å². The Bertz CT molecular complexity index is 687. The Labute approximate surface area is 129 Å². The Morgan fingerprint density at radius 3 is 2.05 bits per heavy atom. The van der Waals surface area contributed by atoms with Crippen molar-refractivity contribution in [1.82, 2.24) is 0 Å². The average molecular weight is 351 g/mol. The molecule has 0 bridgehead atoms. The van der Waals surface area contributed by atoms with Crippen LogP contribution in [0.25, 0.3) is 0 Å². The first-order chi connectivity index (χ1) is 9.95. The number of aryl methyl sites for hydroxylation is 1.